The molecule has 1 aliphatic rings. The Morgan fingerprint density at radius 1 is 1.20 bits per heavy atom. The average Bonchev–Trinajstić information content (AvgIpc) is 2.53. The van der Waals surface area contributed by atoms with E-state index < -0.39 is 17.7 Å². The molecule has 0 bridgehead atoms. The van der Waals surface area contributed by atoms with E-state index in [0.717, 1.165) is 6.42 Å². The molecule has 2 rings (SSSR count). The molecule has 7 nitrogen and oxygen atoms in total. The minimum absolute atomic E-state index is 0.0319. The summed E-state index contributed by atoms with van der Waals surface area (Å²) in [6, 6.07) is 6.83. The van der Waals surface area contributed by atoms with Gasteiger partial charge in [0, 0.05) is 26.1 Å². The van der Waals surface area contributed by atoms with E-state index in [1.54, 1.807) is 24.3 Å². The van der Waals surface area contributed by atoms with Gasteiger partial charge in [-0.25, -0.2) is 9.59 Å². The summed E-state index contributed by atoms with van der Waals surface area (Å²) in [5.41, 5.74) is 0.593. The molecule has 0 spiro atoms. The minimum Gasteiger partial charge on any atom is -0.419 e. The molecule has 25 heavy (non-hydrogen) atoms. The van der Waals surface area contributed by atoms with Crippen molar-refractivity contribution in [2.45, 2.75) is 45.9 Å². The number of anilines is 1. The standard InChI is InChI=1S/C18H22N2O5/c1-5-11(2)20-15(21)12-8-6-7-9-14(12)19-10-13-16(22)24-18(3,4)25-17(13)23/h6-11,19H,5H2,1-4H3,(H,20,21). The molecule has 1 aromatic rings. The molecule has 1 aromatic carbocycles. The Hall–Kier alpha value is -2.83. The minimum atomic E-state index is -1.29. The van der Waals surface area contributed by atoms with Crippen molar-refractivity contribution in [1.82, 2.24) is 5.32 Å². The second-order valence-electron chi connectivity index (χ2n) is 6.21. The SMILES string of the molecule is CCC(C)NC(=O)c1ccccc1NC=C1C(=O)OC(C)(C)OC1=O. The van der Waals surface area contributed by atoms with Gasteiger partial charge >= 0.3 is 11.9 Å². The third-order valence-electron chi connectivity index (χ3n) is 3.65. The maximum Gasteiger partial charge on any atom is 0.350 e. The highest BCUT2D eigenvalue weighted by atomic mass is 16.7. The molecule has 1 atom stereocenters. The molecule has 1 heterocycles. The van der Waals surface area contributed by atoms with Crippen LogP contribution in [-0.2, 0) is 19.1 Å². The second-order valence-corrected chi connectivity index (χ2v) is 6.21. The maximum atomic E-state index is 12.3. The third kappa shape index (κ3) is 4.59. The van der Waals surface area contributed by atoms with Gasteiger partial charge < -0.3 is 20.1 Å². The van der Waals surface area contributed by atoms with Crippen LogP contribution >= 0.6 is 0 Å². The second kappa shape index (κ2) is 7.38. The fraction of sp³-hybridized carbons (Fsp3) is 0.389. The van der Waals surface area contributed by atoms with Crippen LogP contribution in [0.15, 0.2) is 36.0 Å². The van der Waals surface area contributed by atoms with E-state index in [2.05, 4.69) is 10.6 Å². The highest BCUT2D eigenvalue weighted by Crippen LogP contribution is 2.23. The summed E-state index contributed by atoms with van der Waals surface area (Å²) in [7, 11) is 0. The molecule has 1 fully saturated rings. The molecule has 1 saturated heterocycles. The van der Waals surface area contributed by atoms with Crippen molar-refractivity contribution in [1.29, 1.82) is 0 Å². The summed E-state index contributed by atoms with van der Waals surface area (Å²) >= 11 is 0. The van der Waals surface area contributed by atoms with Gasteiger partial charge in [-0.1, -0.05) is 19.1 Å². The Labute approximate surface area is 146 Å². The lowest BCUT2D eigenvalue weighted by molar-refractivity contribution is -0.222. The van der Waals surface area contributed by atoms with E-state index in [4.69, 9.17) is 9.47 Å². The van der Waals surface area contributed by atoms with Gasteiger partial charge in [0.2, 0.25) is 0 Å². The van der Waals surface area contributed by atoms with Crippen LogP contribution in [0.25, 0.3) is 0 Å². The van der Waals surface area contributed by atoms with Crippen molar-refractivity contribution in [3.8, 4) is 0 Å². The largest absolute Gasteiger partial charge is 0.419 e. The molecule has 7 heteroatoms. The molecule has 1 amide bonds. The number of hydrogen-bond donors (Lipinski definition) is 2. The Morgan fingerprint density at radius 2 is 1.80 bits per heavy atom. The molecule has 134 valence electrons. The lowest BCUT2D eigenvalue weighted by Crippen LogP contribution is -2.42. The van der Waals surface area contributed by atoms with Gasteiger partial charge in [-0.15, -0.1) is 0 Å². The van der Waals surface area contributed by atoms with E-state index in [1.165, 1.54) is 20.0 Å². The Kier molecular flexibility index (Phi) is 5.46. The fourth-order valence-electron chi connectivity index (χ4n) is 2.14. The molecular formula is C18H22N2O5. The summed E-state index contributed by atoms with van der Waals surface area (Å²) in [5.74, 6) is -3.10. The number of ether oxygens (including phenoxy) is 2. The van der Waals surface area contributed by atoms with Gasteiger partial charge in [0.05, 0.1) is 11.3 Å². The van der Waals surface area contributed by atoms with Crippen molar-refractivity contribution < 1.29 is 23.9 Å². The topological polar surface area (TPSA) is 93.7 Å². The number of benzene rings is 1. The summed E-state index contributed by atoms with van der Waals surface area (Å²) in [6.45, 7) is 6.83. The van der Waals surface area contributed by atoms with Gasteiger partial charge in [-0.2, -0.15) is 0 Å². The molecule has 1 aliphatic heterocycles. The van der Waals surface area contributed by atoms with E-state index in [9.17, 15) is 14.4 Å². The number of amides is 1. The quantitative estimate of drug-likeness (QED) is 0.483. The number of esters is 2. The summed E-state index contributed by atoms with van der Waals surface area (Å²) in [4.78, 5) is 36.2. The van der Waals surface area contributed by atoms with Crippen LogP contribution in [0.2, 0.25) is 0 Å². The fourth-order valence-corrected chi connectivity index (χ4v) is 2.14. The summed E-state index contributed by atoms with van der Waals surface area (Å²) in [6.07, 6.45) is 1.99. The summed E-state index contributed by atoms with van der Waals surface area (Å²) < 4.78 is 10.0. The monoisotopic (exact) mass is 346 g/mol. The van der Waals surface area contributed by atoms with E-state index in [-0.39, 0.29) is 17.5 Å². The lowest BCUT2D eigenvalue weighted by Gasteiger charge is -2.29. The van der Waals surface area contributed by atoms with Crippen molar-refractivity contribution >= 4 is 23.5 Å². The number of cyclic esters (lactones) is 2. The highest BCUT2D eigenvalue weighted by molar-refractivity contribution is 6.15. The first-order valence-electron chi connectivity index (χ1n) is 8.06. The molecule has 1 unspecified atom stereocenters. The van der Waals surface area contributed by atoms with Gasteiger partial charge in [-0.05, 0) is 25.5 Å². The van der Waals surface area contributed by atoms with E-state index >= 15 is 0 Å². The number of carbonyl (C=O) groups excluding carboxylic acids is 3. The number of nitrogens with one attached hydrogen (secondary N) is 2. The van der Waals surface area contributed by atoms with Crippen LogP contribution in [0.3, 0.4) is 0 Å². The number of rotatable bonds is 5. The maximum absolute atomic E-state index is 12.3. The van der Waals surface area contributed by atoms with Crippen molar-refractivity contribution in [2.24, 2.45) is 0 Å². The van der Waals surface area contributed by atoms with Crippen LogP contribution in [-0.4, -0.2) is 29.7 Å². The predicted octanol–water partition coefficient (Wildman–Crippen LogP) is 2.35. The van der Waals surface area contributed by atoms with Crippen molar-refractivity contribution in [3.05, 3.63) is 41.6 Å². The molecule has 2 N–H and O–H groups in total. The number of hydrogen-bond acceptors (Lipinski definition) is 6. The molecular weight excluding hydrogens is 324 g/mol. The Balaban J connectivity index is 2.20. The zero-order chi connectivity index (χ0) is 18.6. The van der Waals surface area contributed by atoms with Gasteiger partial charge in [0.1, 0.15) is 0 Å². The number of para-hydroxylation sites is 1. The molecule has 0 saturated carbocycles. The predicted molar refractivity (Wildman–Crippen MR) is 91.6 cm³/mol. The van der Waals surface area contributed by atoms with Crippen LogP contribution < -0.4 is 10.6 Å². The van der Waals surface area contributed by atoms with Gasteiger partial charge in [0.25, 0.3) is 11.7 Å². The zero-order valence-electron chi connectivity index (χ0n) is 14.7. The average molecular weight is 346 g/mol. The third-order valence-corrected chi connectivity index (χ3v) is 3.65. The number of carbonyl (C=O) groups is 3. The smallest absolute Gasteiger partial charge is 0.350 e. The van der Waals surface area contributed by atoms with Crippen LogP contribution in [0.5, 0.6) is 0 Å². The van der Waals surface area contributed by atoms with E-state index in [1.807, 2.05) is 13.8 Å². The van der Waals surface area contributed by atoms with Crippen molar-refractivity contribution in [3.63, 3.8) is 0 Å². The first-order valence-corrected chi connectivity index (χ1v) is 8.06. The van der Waals surface area contributed by atoms with Gasteiger partial charge in [-0.3, -0.25) is 4.79 Å². The van der Waals surface area contributed by atoms with Crippen molar-refractivity contribution in [2.75, 3.05) is 5.32 Å². The lowest BCUT2D eigenvalue weighted by atomic mass is 10.1. The van der Waals surface area contributed by atoms with E-state index in [0.29, 0.717) is 11.3 Å². The first kappa shape index (κ1) is 18.5. The Bertz CT molecular complexity index is 702. The van der Waals surface area contributed by atoms with Crippen LogP contribution in [0.1, 0.15) is 44.5 Å². The van der Waals surface area contributed by atoms with Gasteiger partial charge in [0.15, 0.2) is 5.57 Å². The summed E-state index contributed by atoms with van der Waals surface area (Å²) in [5, 5.41) is 5.69. The first-order chi connectivity index (χ1) is 11.7. The molecule has 0 radical (unpaired) electrons. The normalized spacial score (nSPS) is 17.2. The molecule has 0 aliphatic carbocycles. The molecule has 0 aromatic heterocycles. The van der Waals surface area contributed by atoms with Crippen LogP contribution in [0.4, 0.5) is 5.69 Å². The Morgan fingerprint density at radius 3 is 2.40 bits per heavy atom. The van der Waals surface area contributed by atoms with Crippen LogP contribution in [0, 0.1) is 0 Å². The zero-order valence-corrected chi connectivity index (χ0v) is 14.7. The highest BCUT2D eigenvalue weighted by Gasteiger charge is 2.39.